The minimum Gasteiger partial charge on any atom is -0.462 e. The first-order valence-corrected chi connectivity index (χ1v) is 6.78. The fourth-order valence-corrected chi connectivity index (χ4v) is 2.35. The summed E-state index contributed by atoms with van der Waals surface area (Å²) in [5.41, 5.74) is 0.570. The molecule has 3 aromatic rings. The summed E-state index contributed by atoms with van der Waals surface area (Å²) in [6.07, 6.45) is 1.67. The number of carbonyl (C=O) groups excluding carboxylic acids is 1. The van der Waals surface area contributed by atoms with Gasteiger partial charge in [-0.2, -0.15) is 0 Å². The predicted molar refractivity (Wildman–Crippen MR) is 80.3 cm³/mol. The van der Waals surface area contributed by atoms with Crippen LogP contribution in [0.4, 0.5) is 4.39 Å². The molecule has 2 N–H and O–H groups in total. The number of aromatic amines is 2. The largest absolute Gasteiger partial charge is 0.462 e. The van der Waals surface area contributed by atoms with Gasteiger partial charge in [0.15, 0.2) is 0 Å². The topological polar surface area (TPSA) is 75.0 Å². The number of carbonyl (C=O) groups is 1. The van der Waals surface area contributed by atoms with Gasteiger partial charge in [0.05, 0.1) is 23.5 Å². The van der Waals surface area contributed by atoms with Gasteiger partial charge < -0.3 is 14.7 Å². The molecule has 0 aliphatic heterocycles. The Hall–Kier alpha value is -2.89. The highest BCUT2D eigenvalue weighted by molar-refractivity contribution is 5.99. The molecular formula is C16H13FN2O3. The quantitative estimate of drug-likeness (QED) is 0.730. The van der Waals surface area contributed by atoms with E-state index in [0.717, 1.165) is 0 Å². The van der Waals surface area contributed by atoms with Gasteiger partial charge in [-0.15, -0.1) is 0 Å². The molecule has 2 aromatic heterocycles. The minimum absolute atomic E-state index is 0.0941. The Kier molecular flexibility index (Phi) is 3.50. The molecule has 0 radical (unpaired) electrons. The maximum absolute atomic E-state index is 13.4. The molecule has 0 spiro atoms. The number of hydrogen-bond acceptors (Lipinski definition) is 3. The summed E-state index contributed by atoms with van der Waals surface area (Å²) in [5.74, 6) is -1.18. The van der Waals surface area contributed by atoms with Crippen LogP contribution >= 0.6 is 0 Å². The first-order chi connectivity index (χ1) is 10.6. The zero-order valence-corrected chi connectivity index (χ0v) is 11.8. The Morgan fingerprint density at radius 2 is 2.14 bits per heavy atom. The van der Waals surface area contributed by atoms with Crippen molar-refractivity contribution >= 4 is 16.9 Å². The molecule has 3 rings (SSSR count). The molecule has 22 heavy (non-hydrogen) atoms. The standard InChI is InChI=1S/C16H13FN2O3/c1-2-22-16(21)13-14(11-4-3-7-18-11)19-12-8-9(17)5-6-10(12)15(13)20/h3-8,18H,2H2,1H3,(H,19,20). The molecule has 5 nitrogen and oxygen atoms in total. The van der Waals surface area contributed by atoms with E-state index >= 15 is 0 Å². The highest BCUT2D eigenvalue weighted by atomic mass is 19.1. The molecule has 0 bridgehead atoms. The molecular weight excluding hydrogens is 287 g/mol. The predicted octanol–water partition coefficient (Wildman–Crippen LogP) is 2.84. The van der Waals surface area contributed by atoms with Crippen molar-refractivity contribution in [2.75, 3.05) is 6.61 Å². The fourth-order valence-electron chi connectivity index (χ4n) is 2.35. The van der Waals surface area contributed by atoms with Gasteiger partial charge in [-0.1, -0.05) is 0 Å². The highest BCUT2D eigenvalue weighted by Gasteiger charge is 2.21. The lowest BCUT2D eigenvalue weighted by atomic mass is 10.1. The summed E-state index contributed by atoms with van der Waals surface area (Å²) >= 11 is 0. The maximum atomic E-state index is 13.4. The Labute approximate surface area is 124 Å². The van der Waals surface area contributed by atoms with Crippen LogP contribution in [-0.2, 0) is 4.74 Å². The van der Waals surface area contributed by atoms with E-state index in [9.17, 15) is 14.0 Å². The van der Waals surface area contributed by atoms with Crippen molar-refractivity contribution < 1.29 is 13.9 Å². The van der Waals surface area contributed by atoms with Crippen molar-refractivity contribution in [1.29, 1.82) is 0 Å². The smallest absolute Gasteiger partial charge is 0.344 e. The lowest BCUT2D eigenvalue weighted by Gasteiger charge is -2.10. The van der Waals surface area contributed by atoms with Crippen LogP contribution in [0.3, 0.4) is 0 Å². The molecule has 0 fully saturated rings. The number of pyridine rings is 1. The van der Waals surface area contributed by atoms with Crippen LogP contribution in [0.1, 0.15) is 17.3 Å². The second-order valence-electron chi connectivity index (χ2n) is 4.70. The second kappa shape index (κ2) is 5.48. The fraction of sp³-hybridized carbons (Fsp3) is 0.125. The molecule has 112 valence electrons. The van der Waals surface area contributed by atoms with Crippen LogP contribution in [-0.4, -0.2) is 22.5 Å². The van der Waals surface area contributed by atoms with E-state index in [2.05, 4.69) is 9.97 Å². The van der Waals surface area contributed by atoms with Crippen molar-refractivity contribution in [2.45, 2.75) is 6.92 Å². The highest BCUT2D eigenvalue weighted by Crippen LogP contribution is 2.22. The SMILES string of the molecule is CCOC(=O)c1c(-c2ccc[nH]2)[nH]c2cc(F)ccc2c1=O. The summed E-state index contributed by atoms with van der Waals surface area (Å²) in [7, 11) is 0. The number of benzene rings is 1. The van der Waals surface area contributed by atoms with Crippen LogP contribution in [0, 0.1) is 5.82 Å². The number of ether oxygens (including phenoxy) is 1. The molecule has 0 amide bonds. The van der Waals surface area contributed by atoms with Crippen LogP contribution < -0.4 is 5.43 Å². The number of esters is 1. The molecule has 1 aromatic carbocycles. The average Bonchev–Trinajstić information content (AvgIpc) is 3.00. The maximum Gasteiger partial charge on any atom is 0.344 e. The Balaban J connectivity index is 2.37. The molecule has 0 aliphatic carbocycles. The van der Waals surface area contributed by atoms with Crippen molar-refractivity contribution in [2.24, 2.45) is 0 Å². The van der Waals surface area contributed by atoms with E-state index < -0.39 is 17.2 Å². The number of halogens is 1. The third-order valence-electron chi connectivity index (χ3n) is 3.31. The molecule has 0 saturated heterocycles. The van der Waals surface area contributed by atoms with Crippen molar-refractivity contribution in [3.63, 3.8) is 0 Å². The normalized spacial score (nSPS) is 10.8. The van der Waals surface area contributed by atoms with E-state index in [4.69, 9.17) is 4.74 Å². The monoisotopic (exact) mass is 300 g/mol. The zero-order valence-electron chi connectivity index (χ0n) is 11.8. The third-order valence-corrected chi connectivity index (χ3v) is 3.31. The molecule has 6 heteroatoms. The summed E-state index contributed by atoms with van der Waals surface area (Å²) in [6, 6.07) is 7.20. The van der Waals surface area contributed by atoms with Crippen LogP contribution in [0.5, 0.6) is 0 Å². The van der Waals surface area contributed by atoms with Gasteiger partial charge in [0.25, 0.3) is 0 Å². The summed E-state index contributed by atoms with van der Waals surface area (Å²) < 4.78 is 18.4. The third kappa shape index (κ3) is 2.28. The molecule has 0 saturated carbocycles. The Bertz CT molecular complexity index is 898. The van der Waals surface area contributed by atoms with Crippen LogP contribution in [0.2, 0.25) is 0 Å². The second-order valence-corrected chi connectivity index (χ2v) is 4.70. The van der Waals surface area contributed by atoms with Gasteiger partial charge in [0.2, 0.25) is 5.43 Å². The lowest BCUT2D eigenvalue weighted by molar-refractivity contribution is 0.0525. The Morgan fingerprint density at radius 1 is 1.32 bits per heavy atom. The molecule has 2 heterocycles. The number of aromatic nitrogens is 2. The van der Waals surface area contributed by atoms with Crippen molar-refractivity contribution in [1.82, 2.24) is 9.97 Å². The van der Waals surface area contributed by atoms with Gasteiger partial charge in [0.1, 0.15) is 11.4 Å². The molecule has 0 aliphatic rings. The Morgan fingerprint density at radius 3 is 2.82 bits per heavy atom. The zero-order chi connectivity index (χ0) is 15.7. The summed E-state index contributed by atoms with van der Waals surface area (Å²) in [5, 5.41) is 0.236. The number of rotatable bonds is 3. The van der Waals surface area contributed by atoms with Crippen LogP contribution in [0.15, 0.2) is 41.3 Å². The first-order valence-electron chi connectivity index (χ1n) is 6.78. The summed E-state index contributed by atoms with van der Waals surface area (Å²) in [4.78, 5) is 30.6. The van der Waals surface area contributed by atoms with Crippen molar-refractivity contribution in [3.05, 3.63) is 58.1 Å². The van der Waals surface area contributed by atoms with E-state index in [-0.39, 0.29) is 23.3 Å². The van der Waals surface area contributed by atoms with E-state index in [1.54, 1.807) is 25.3 Å². The molecule has 0 unspecified atom stereocenters. The van der Waals surface area contributed by atoms with Gasteiger partial charge in [-0.25, -0.2) is 9.18 Å². The number of fused-ring (bicyclic) bond motifs is 1. The van der Waals surface area contributed by atoms with E-state index in [0.29, 0.717) is 11.2 Å². The van der Waals surface area contributed by atoms with E-state index in [1.807, 2.05) is 0 Å². The van der Waals surface area contributed by atoms with Gasteiger partial charge in [-0.05, 0) is 37.3 Å². The number of H-pyrrole nitrogens is 2. The number of nitrogens with one attached hydrogen (secondary N) is 2. The van der Waals surface area contributed by atoms with E-state index in [1.165, 1.54) is 18.2 Å². The average molecular weight is 300 g/mol. The minimum atomic E-state index is -0.709. The van der Waals surface area contributed by atoms with Crippen LogP contribution in [0.25, 0.3) is 22.3 Å². The number of hydrogen-bond donors (Lipinski definition) is 2. The first kappa shape index (κ1) is 14.1. The van der Waals surface area contributed by atoms with Gasteiger partial charge >= 0.3 is 5.97 Å². The summed E-state index contributed by atoms with van der Waals surface area (Å²) in [6.45, 7) is 1.82. The van der Waals surface area contributed by atoms with Gasteiger partial charge in [0, 0.05) is 11.6 Å². The van der Waals surface area contributed by atoms with Gasteiger partial charge in [-0.3, -0.25) is 4.79 Å². The molecule has 0 atom stereocenters. The lowest BCUT2D eigenvalue weighted by Crippen LogP contribution is -2.20. The van der Waals surface area contributed by atoms with Crippen molar-refractivity contribution in [3.8, 4) is 11.4 Å².